The standard InChI is InChI=1S/C16H23NO2/c1-2-14-13(11-12-5-7-17-8-6-12)3-4-15-16(14)19-10-9-18-15/h3-4,12,17H,2,5-11H2,1H3. The topological polar surface area (TPSA) is 30.5 Å². The van der Waals surface area contributed by atoms with Gasteiger partial charge in [-0.15, -0.1) is 0 Å². The fourth-order valence-corrected chi connectivity index (χ4v) is 3.19. The summed E-state index contributed by atoms with van der Waals surface area (Å²) in [6, 6.07) is 4.33. The number of ether oxygens (including phenoxy) is 2. The maximum atomic E-state index is 5.84. The van der Waals surface area contributed by atoms with Crippen LogP contribution in [0.25, 0.3) is 0 Å². The zero-order valence-electron chi connectivity index (χ0n) is 11.7. The monoisotopic (exact) mass is 261 g/mol. The predicted molar refractivity (Wildman–Crippen MR) is 76.1 cm³/mol. The maximum absolute atomic E-state index is 5.84. The third-order valence-corrected chi connectivity index (χ3v) is 4.23. The molecule has 1 saturated heterocycles. The van der Waals surface area contributed by atoms with Gasteiger partial charge in [-0.1, -0.05) is 13.0 Å². The largest absolute Gasteiger partial charge is 0.486 e. The van der Waals surface area contributed by atoms with Gasteiger partial charge in [-0.3, -0.25) is 0 Å². The van der Waals surface area contributed by atoms with Gasteiger partial charge in [0.15, 0.2) is 11.5 Å². The number of nitrogens with one attached hydrogen (secondary N) is 1. The summed E-state index contributed by atoms with van der Waals surface area (Å²) in [6.45, 7) is 5.88. The summed E-state index contributed by atoms with van der Waals surface area (Å²) >= 11 is 0. The fraction of sp³-hybridized carbons (Fsp3) is 0.625. The highest BCUT2D eigenvalue weighted by Gasteiger charge is 2.21. The van der Waals surface area contributed by atoms with Crippen LogP contribution in [0.4, 0.5) is 0 Å². The second-order valence-corrected chi connectivity index (χ2v) is 5.48. The van der Waals surface area contributed by atoms with E-state index >= 15 is 0 Å². The molecule has 0 spiro atoms. The van der Waals surface area contributed by atoms with E-state index in [1.807, 2.05) is 0 Å². The van der Waals surface area contributed by atoms with Crippen LogP contribution in [0.3, 0.4) is 0 Å². The van der Waals surface area contributed by atoms with Gasteiger partial charge in [-0.25, -0.2) is 0 Å². The van der Waals surface area contributed by atoms with Gasteiger partial charge >= 0.3 is 0 Å². The molecule has 0 bridgehead atoms. The quantitative estimate of drug-likeness (QED) is 0.907. The first-order valence-corrected chi connectivity index (χ1v) is 7.49. The zero-order chi connectivity index (χ0) is 13.1. The molecule has 1 N–H and O–H groups in total. The van der Waals surface area contributed by atoms with E-state index in [2.05, 4.69) is 24.4 Å². The molecule has 0 aliphatic carbocycles. The van der Waals surface area contributed by atoms with Crippen molar-refractivity contribution in [1.82, 2.24) is 5.32 Å². The first kappa shape index (κ1) is 12.8. The molecule has 0 unspecified atom stereocenters. The van der Waals surface area contributed by atoms with Crippen LogP contribution < -0.4 is 14.8 Å². The summed E-state index contributed by atoms with van der Waals surface area (Å²) in [5.41, 5.74) is 2.81. The van der Waals surface area contributed by atoms with Crippen LogP contribution in [0, 0.1) is 5.92 Å². The molecule has 0 aromatic heterocycles. The lowest BCUT2D eigenvalue weighted by molar-refractivity contribution is 0.169. The number of piperidine rings is 1. The fourth-order valence-electron chi connectivity index (χ4n) is 3.19. The van der Waals surface area contributed by atoms with Gasteiger partial charge in [-0.05, 0) is 56.3 Å². The molecular formula is C16H23NO2. The van der Waals surface area contributed by atoms with Gasteiger partial charge in [0.2, 0.25) is 0 Å². The molecule has 1 aromatic carbocycles. The average molecular weight is 261 g/mol. The van der Waals surface area contributed by atoms with Crippen LogP contribution >= 0.6 is 0 Å². The molecule has 3 rings (SSSR count). The van der Waals surface area contributed by atoms with E-state index in [0.717, 1.165) is 36.9 Å². The minimum absolute atomic E-state index is 0.670. The molecule has 1 aromatic rings. The first-order chi connectivity index (χ1) is 9.38. The van der Waals surface area contributed by atoms with Crippen molar-refractivity contribution >= 4 is 0 Å². The zero-order valence-corrected chi connectivity index (χ0v) is 11.7. The summed E-state index contributed by atoms with van der Waals surface area (Å²) < 4.78 is 11.5. The highest BCUT2D eigenvalue weighted by atomic mass is 16.6. The second kappa shape index (κ2) is 5.83. The van der Waals surface area contributed by atoms with E-state index in [-0.39, 0.29) is 0 Å². The first-order valence-electron chi connectivity index (χ1n) is 7.49. The molecule has 0 saturated carbocycles. The van der Waals surface area contributed by atoms with Crippen molar-refractivity contribution in [3.63, 3.8) is 0 Å². The van der Waals surface area contributed by atoms with Crippen molar-refractivity contribution in [1.29, 1.82) is 0 Å². The van der Waals surface area contributed by atoms with Crippen molar-refractivity contribution in [3.05, 3.63) is 23.3 Å². The van der Waals surface area contributed by atoms with E-state index in [0.29, 0.717) is 13.2 Å². The van der Waals surface area contributed by atoms with Gasteiger partial charge in [0, 0.05) is 5.56 Å². The number of benzene rings is 1. The van der Waals surface area contributed by atoms with Gasteiger partial charge in [-0.2, -0.15) is 0 Å². The summed E-state index contributed by atoms with van der Waals surface area (Å²) in [5.74, 6) is 2.74. The molecule has 2 heterocycles. The lowest BCUT2D eigenvalue weighted by Gasteiger charge is -2.26. The smallest absolute Gasteiger partial charge is 0.164 e. The Bertz CT molecular complexity index is 439. The highest BCUT2D eigenvalue weighted by Crippen LogP contribution is 2.37. The van der Waals surface area contributed by atoms with Crippen LogP contribution in [0.15, 0.2) is 12.1 Å². The van der Waals surface area contributed by atoms with E-state index in [9.17, 15) is 0 Å². The Kier molecular flexibility index (Phi) is 3.92. The SMILES string of the molecule is CCc1c(CC2CCNCC2)ccc2c1OCCO2. The summed E-state index contributed by atoms with van der Waals surface area (Å²) in [7, 11) is 0. The average Bonchev–Trinajstić information content (AvgIpc) is 2.48. The molecular weight excluding hydrogens is 238 g/mol. The van der Waals surface area contributed by atoms with E-state index in [1.165, 1.54) is 30.4 Å². The van der Waals surface area contributed by atoms with E-state index in [1.54, 1.807) is 0 Å². The van der Waals surface area contributed by atoms with Crippen molar-refractivity contribution in [2.24, 2.45) is 5.92 Å². The third-order valence-electron chi connectivity index (χ3n) is 4.23. The van der Waals surface area contributed by atoms with Crippen LogP contribution in [-0.4, -0.2) is 26.3 Å². The Balaban J connectivity index is 1.83. The molecule has 0 atom stereocenters. The predicted octanol–water partition coefficient (Wildman–Crippen LogP) is 2.56. The van der Waals surface area contributed by atoms with Crippen molar-refractivity contribution < 1.29 is 9.47 Å². The molecule has 2 aliphatic rings. The number of hydrogen-bond acceptors (Lipinski definition) is 3. The number of rotatable bonds is 3. The van der Waals surface area contributed by atoms with Crippen LogP contribution in [-0.2, 0) is 12.8 Å². The molecule has 3 nitrogen and oxygen atoms in total. The van der Waals surface area contributed by atoms with Gasteiger partial charge in [0.25, 0.3) is 0 Å². The Morgan fingerprint density at radius 1 is 1.16 bits per heavy atom. The molecule has 0 amide bonds. The Labute approximate surface area is 115 Å². The molecule has 0 radical (unpaired) electrons. The third kappa shape index (κ3) is 2.71. The summed E-state index contributed by atoms with van der Waals surface area (Å²) in [4.78, 5) is 0. The lowest BCUT2D eigenvalue weighted by atomic mass is 9.88. The maximum Gasteiger partial charge on any atom is 0.164 e. The highest BCUT2D eigenvalue weighted by molar-refractivity contribution is 5.51. The molecule has 104 valence electrons. The summed E-state index contributed by atoms with van der Waals surface area (Å²) in [6.07, 6.45) is 4.78. The van der Waals surface area contributed by atoms with Crippen molar-refractivity contribution in [2.45, 2.75) is 32.6 Å². The van der Waals surface area contributed by atoms with Gasteiger partial charge in [0.05, 0.1) is 0 Å². The van der Waals surface area contributed by atoms with Crippen LogP contribution in [0.5, 0.6) is 11.5 Å². The normalized spacial score (nSPS) is 19.4. The molecule has 1 fully saturated rings. The minimum atomic E-state index is 0.670. The Morgan fingerprint density at radius 3 is 2.74 bits per heavy atom. The van der Waals surface area contributed by atoms with Crippen LogP contribution in [0.1, 0.15) is 30.9 Å². The van der Waals surface area contributed by atoms with E-state index in [4.69, 9.17) is 9.47 Å². The number of fused-ring (bicyclic) bond motifs is 1. The molecule has 3 heteroatoms. The Morgan fingerprint density at radius 2 is 1.95 bits per heavy atom. The number of hydrogen-bond donors (Lipinski definition) is 1. The van der Waals surface area contributed by atoms with Gasteiger partial charge < -0.3 is 14.8 Å². The lowest BCUT2D eigenvalue weighted by Crippen LogP contribution is -2.29. The summed E-state index contributed by atoms with van der Waals surface area (Å²) in [5, 5.41) is 3.43. The minimum Gasteiger partial charge on any atom is -0.486 e. The molecule has 19 heavy (non-hydrogen) atoms. The van der Waals surface area contributed by atoms with Gasteiger partial charge in [0.1, 0.15) is 13.2 Å². The van der Waals surface area contributed by atoms with Crippen molar-refractivity contribution in [3.8, 4) is 11.5 Å². The van der Waals surface area contributed by atoms with Crippen LogP contribution in [0.2, 0.25) is 0 Å². The van der Waals surface area contributed by atoms with E-state index < -0.39 is 0 Å². The second-order valence-electron chi connectivity index (χ2n) is 5.48. The Hall–Kier alpha value is -1.22. The molecule has 2 aliphatic heterocycles. The van der Waals surface area contributed by atoms with Crippen molar-refractivity contribution in [2.75, 3.05) is 26.3 Å².